The number of benzene rings is 2. The highest BCUT2D eigenvalue weighted by molar-refractivity contribution is 7.17. The van der Waals surface area contributed by atoms with Gasteiger partial charge in [-0.1, -0.05) is 75.4 Å². The SMILES string of the molecule is CC.CC.O=C(c1ccccc1)c1cnc(NC(=O)C2(c3ccc4c(c3)OCO4)CC2)s1. The fourth-order valence-corrected chi connectivity index (χ4v) is 4.12. The minimum absolute atomic E-state index is 0.101. The van der Waals surface area contributed by atoms with Gasteiger partial charge in [0.05, 0.1) is 16.5 Å². The summed E-state index contributed by atoms with van der Waals surface area (Å²) in [5, 5.41) is 3.31. The zero-order valence-electron chi connectivity index (χ0n) is 18.8. The second kappa shape index (κ2) is 10.4. The maximum Gasteiger partial charge on any atom is 0.236 e. The number of amides is 1. The number of carbonyl (C=O) groups is 2. The van der Waals surface area contributed by atoms with E-state index in [1.54, 1.807) is 12.1 Å². The fraction of sp³-hybridized carbons (Fsp3) is 0.320. The zero-order valence-corrected chi connectivity index (χ0v) is 19.6. The number of aromatic nitrogens is 1. The minimum atomic E-state index is -0.573. The predicted octanol–water partition coefficient (Wildman–Crippen LogP) is 5.83. The first-order valence-corrected chi connectivity index (χ1v) is 11.7. The second-order valence-corrected chi connectivity index (χ2v) is 7.86. The number of ether oxygens (including phenoxy) is 2. The maximum absolute atomic E-state index is 12.9. The Morgan fingerprint density at radius 3 is 2.34 bits per heavy atom. The lowest BCUT2D eigenvalue weighted by atomic mass is 9.94. The van der Waals surface area contributed by atoms with Gasteiger partial charge in [-0.15, -0.1) is 0 Å². The molecule has 2 heterocycles. The van der Waals surface area contributed by atoms with Crippen molar-refractivity contribution in [2.24, 2.45) is 0 Å². The molecule has 32 heavy (non-hydrogen) atoms. The third-order valence-electron chi connectivity index (χ3n) is 5.10. The van der Waals surface area contributed by atoms with Gasteiger partial charge in [-0.25, -0.2) is 4.98 Å². The van der Waals surface area contributed by atoms with Crippen LogP contribution in [0.15, 0.2) is 54.7 Å². The van der Waals surface area contributed by atoms with Crippen LogP contribution in [0.1, 0.15) is 61.3 Å². The Morgan fingerprint density at radius 1 is 0.969 bits per heavy atom. The van der Waals surface area contributed by atoms with Crippen LogP contribution in [0.4, 0.5) is 5.13 Å². The molecule has 1 N–H and O–H groups in total. The van der Waals surface area contributed by atoms with E-state index in [4.69, 9.17) is 9.47 Å². The van der Waals surface area contributed by atoms with Crippen molar-refractivity contribution in [3.63, 3.8) is 0 Å². The molecule has 2 aromatic carbocycles. The Labute approximate surface area is 192 Å². The van der Waals surface area contributed by atoms with E-state index in [9.17, 15) is 9.59 Å². The van der Waals surface area contributed by atoms with Crippen molar-refractivity contribution in [2.75, 3.05) is 12.1 Å². The van der Waals surface area contributed by atoms with Crippen LogP contribution in [0.25, 0.3) is 0 Å². The Morgan fingerprint density at radius 2 is 1.66 bits per heavy atom. The van der Waals surface area contributed by atoms with Gasteiger partial charge in [0, 0.05) is 5.56 Å². The molecule has 0 saturated heterocycles. The van der Waals surface area contributed by atoms with Crippen molar-refractivity contribution in [1.82, 2.24) is 4.98 Å². The molecule has 0 bridgehead atoms. The molecule has 2 aliphatic rings. The minimum Gasteiger partial charge on any atom is -0.454 e. The molecule has 1 amide bonds. The lowest BCUT2D eigenvalue weighted by Crippen LogP contribution is -2.27. The number of anilines is 1. The van der Waals surface area contributed by atoms with Gasteiger partial charge >= 0.3 is 0 Å². The van der Waals surface area contributed by atoms with Crippen molar-refractivity contribution < 1.29 is 19.1 Å². The van der Waals surface area contributed by atoms with Gasteiger partial charge in [-0.2, -0.15) is 0 Å². The van der Waals surface area contributed by atoms with E-state index in [1.165, 1.54) is 17.5 Å². The average Bonchev–Trinajstić information content (AvgIpc) is 3.31. The standard InChI is InChI=1S/C21H16N2O4S.2C2H6/c24-18(13-4-2-1-3-5-13)17-11-22-20(28-17)23-19(25)21(8-9-21)14-6-7-15-16(10-14)27-12-26-15;2*1-2/h1-7,10-11H,8-9,12H2,(H,22,23,25);2*1-2H3. The van der Waals surface area contributed by atoms with Crippen LogP contribution >= 0.6 is 11.3 Å². The third kappa shape index (κ3) is 4.67. The molecule has 7 heteroatoms. The topological polar surface area (TPSA) is 77.5 Å². The number of thiazole rings is 1. The van der Waals surface area contributed by atoms with E-state index in [-0.39, 0.29) is 18.5 Å². The lowest BCUT2D eigenvalue weighted by Gasteiger charge is -2.15. The van der Waals surface area contributed by atoms with Crippen LogP contribution < -0.4 is 14.8 Å². The molecule has 1 saturated carbocycles. The van der Waals surface area contributed by atoms with Crippen LogP contribution in [0.2, 0.25) is 0 Å². The van der Waals surface area contributed by atoms with E-state index in [0.717, 1.165) is 18.4 Å². The summed E-state index contributed by atoms with van der Waals surface area (Å²) in [6, 6.07) is 14.6. The number of ketones is 1. The summed E-state index contributed by atoms with van der Waals surface area (Å²) in [6.45, 7) is 8.20. The van der Waals surface area contributed by atoms with Gasteiger partial charge in [0.2, 0.25) is 18.5 Å². The molecule has 3 aromatic rings. The van der Waals surface area contributed by atoms with Gasteiger partial charge < -0.3 is 14.8 Å². The average molecular weight is 453 g/mol. The third-order valence-corrected chi connectivity index (χ3v) is 6.01. The van der Waals surface area contributed by atoms with Gasteiger partial charge in [0.25, 0.3) is 0 Å². The lowest BCUT2D eigenvalue weighted by molar-refractivity contribution is -0.118. The highest BCUT2D eigenvalue weighted by atomic mass is 32.1. The first-order chi connectivity index (χ1) is 15.7. The molecule has 0 atom stereocenters. The van der Waals surface area contributed by atoms with Crippen LogP contribution in [-0.2, 0) is 10.2 Å². The number of fused-ring (bicyclic) bond motifs is 1. The number of nitrogens with one attached hydrogen (secondary N) is 1. The molecule has 1 fully saturated rings. The van der Waals surface area contributed by atoms with Gasteiger partial charge in [0.1, 0.15) is 0 Å². The highest BCUT2D eigenvalue weighted by Crippen LogP contribution is 2.51. The summed E-state index contributed by atoms with van der Waals surface area (Å²) in [6.07, 6.45) is 3.04. The van der Waals surface area contributed by atoms with E-state index < -0.39 is 5.41 Å². The van der Waals surface area contributed by atoms with Crippen LogP contribution in [0, 0.1) is 0 Å². The van der Waals surface area contributed by atoms with E-state index in [0.29, 0.717) is 27.1 Å². The summed E-state index contributed by atoms with van der Waals surface area (Å²) in [5.74, 6) is 1.15. The summed E-state index contributed by atoms with van der Waals surface area (Å²) < 4.78 is 10.8. The number of rotatable bonds is 5. The molecule has 168 valence electrons. The molecule has 1 aliphatic carbocycles. The predicted molar refractivity (Wildman–Crippen MR) is 127 cm³/mol. The monoisotopic (exact) mass is 452 g/mol. The normalized spacial score (nSPS) is 14.2. The molecule has 5 rings (SSSR count). The largest absolute Gasteiger partial charge is 0.454 e. The molecule has 0 radical (unpaired) electrons. The van der Waals surface area contributed by atoms with Crippen LogP contribution in [0.5, 0.6) is 11.5 Å². The van der Waals surface area contributed by atoms with Crippen molar-refractivity contribution >= 4 is 28.2 Å². The molecular weight excluding hydrogens is 424 g/mol. The zero-order chi connectivity index (χ0) is 23.1. The Balaban J connectivity index is 0.000000686. The van der Waals surface area contributed by atoms with Gasteiger partial charge in [0.15, 0.2) is 16.6 Å². The van der Waals surface area contributed by atoms with E-state index in [1.807, 2.05) is 64.1 Å². The molecule has 1 aromatic heterocycles. The maximum atomic E-state index is 12.9. The van der Waals surface area contributed by atoms with Crippen LogP contribution in [0.3, 0.4) is 0 Å². The number of hydrogen-bond acceptors (Lipinski definition) is 6. The molecule has 0 spiro atoms. The fourth-order valence-electron chi connectivity index (χ4n) is 3.35. The quantitative estimate of drug-likeness (QED) is 0.493. The van der Waals surface area contributed by atoms with Gasteiger partial charge in [-0.05, 0) is 30.5 Å². The number of nitrogens with zero attached hydrogens (tertiary/aromatic N) is 1. The van der Waals surface area contributed by atoms with E-state index >= 15 is 0 Å². The number of hydrogen-bond donors (Lipinski definition) is 1. The summed E-state index contributed by atoms with van der Waals surface area (Å²) in [5.41, 5.74) is 0.936. The first-order valence-electron chi connectivity index (χ1n) is 10.9. The van der Waals surface area contributed by atoms with E-state index in [2.05, 4.69) is 10.3 Å². The summed E-state index contributed by atoms with van der Waals surface area (Å²) in [7, 11) is 0. The number of carbonyl (C=O) groups excluding carboxylic acids is 2. The molecule has 6 nitrogen and oxygen atoms in total. The van der Waals surface area contributed by atoms with Crippen molar-refractivity contribution in [3.05, 3.63) is 70.7 Å². The molecular formula is C25H28N2O4S. The molecule has 0 unspecified atom stereocenters. The Hall–Kier alpha value is -3.19. The van der Waals surface area contributed by atoms with Crippen molar-refractivity contribution in [2.45, 2.75) is 46.0 Å². The van der Waals surface area contributed by atoms with Crippen molar-refractivity contribution in [1.29, 1.82) is 0 Å². The summed E-state index contributed by atoms with van der Waals surface area (Å²) >= 11 is 1.19. The Bertz CT molecular complexity index is 1070. The first kappa shape index (κ1) is 23.5. The smallest absolute Gasteiger partial charge is 0.236 e. The van der Waals surface area contributed by atoms with Crippen molar-refractivity contribution in [3.8, 4) is 11.5 Å². The van der Waals surface area contributed by atoms with Gasteiger partial charge in [-0.3, -0.25) is 9.59 Å². The molecule has 1 aliphatic heterocycles. The second-order valence-electron chi connectivity index (χ2n) is 6.83. The highest BCUT2D eigenvalue weighted by Gasteiger charge is 2.52. The van der Waals surface area contributed by atoms with Crippen LogP contribution in [-0.4, -0.2) is 23.5 Å². The summed E-state index contributed by atoms with van der Waals surface area (Å²) in [4.78, 5) is 30.2. The Kier molecular flexibility index (Phi) is 7.64.